The van der Waals surface area contributed by atoms with E-state index in [0.717, 1.165) is 30.1 Å². The number of fused-ring (bicyclic) bond motifs is 1. The van der Waals surface area contributed by atoms with Crippen LogP contribution in [0.1, 0.15) is 51.3 Å². The van der Waals surface area contributed by atoms with E-state index in [0.29, 0.717) is 25.0 Å². The van der Waals surface area contributed by atoms with E-state index < -0.39 is 0 Å². The lowest BCUT2D eigenvalue weighted by atomic mass is 10.1. The second kappa shape index (κ2) is 6.50. The van der Waals surface area contributed by atoms with Crippen molar-refractivity contribution in [3.63, 3.8) is 0 Å². The summed E-state index contributed by atoms with van der Waals surface area (Å²) in [5, 5.41) is 16.6. The fourth-order valence-corrected chi connectivity index (χ4v) is 3.17. The van der Waals surface area contributed by atoms with Crippen LogP contribution in [-0.2, 0) is 4.74 Å². The number of likely N-dealkylation sites (tertiary alicyclic amines) is 1. The first-order valence-corrected chi connectivity index (χ1v) is 9.04. The van der Waals surface area contributed by atoms with Gasteiger partial charge in [0.2, 0.25) is 0 Å². The van der Waals surface area contributed by atoms with Crippen LogP contribution in [0.5, 0.6) is 0 Å². The first kappa shape index (κ1) is 16.1. The zero-order valence-corrected chi connectivity index (χ0v) is 14.7. The number of carbonyl (C=O) groups excluding carboxylic acids is 1. The molecule has 4 rings (SSSR count). The highest BCUT2D eigenvalue weighted by atomic mass is 16.6. The number of hydrogen-bond acceptors (Lipinski definition) is 6. The summed E-state index contributed by atoms with van der Waals surface area (Å²) in [7, 11) is 0. The topological polar surface area (TPSA) is 84.6 Å². The molecule has 1 aliphatic heterocycles. The van der Waals surface area contributed by atoms with Gasteiger partial charge in [0.05, 0.1) is 6.10 Å². The second-order valence-corrected chi connectivity index (χ2v) is 7.16. The van der Waals surface area contributed by atoms with Gasteiger partial charge in [0.15, 0.2) is 11.5 Å². The fraction of sp³-hybridized carbons (Fsp3) is 0.647. The monoisotopic (exact) mass is 344 g/mol. The third-order valence-electron chi connectivity index (χ3n) is 4.67. The number of piperidine rings is 1. The molecular weight excluding hydrogens is 320 g/mol. The largest absolute Gasteiger partial charge is 0.447 e. The van der Waals surface area contributed by atoms with Crippen molar-refractivity contribution >= 4 is 17.6 Å². The van der Waals surface area contributed by atoms with Crippen LogP contribution in [0, 0.1) is 0 Å². The molecule has 0 spiro atoms. The van der Waals surface area contributed by atoms with E-state index in [9.17, 15) is 4.79 Å². The van der Waals surface area contributed by atoms with Gasteiger partial charge in [-0.1, -0.05) is 0 Å². The second-order valence-electron chi connectivity index (χ2n) is 7.16. The molecule has 3 heterocycles. The summed E-state index contributed by atoms with van der Waals surface area (Å²) in [4.78, 5) is 13.7. The summed E-state index contributed by atoms with van der Waals surface area (Å²) >= 11 is 0. The molecule has 1 aliphatic carbocycles. The summed E-state index contributed by atoms with van der Waals surface area (Å²) in [6.45, 7) is 5.14. The molecule has 1 N–H and O–H groups in total. The standard InChI is InChI=1S/C17H24N6O2/c1-11(2)25-17(24)22-9-7-13(8-10-22)18-14-5-6-15-19-20-16(12-3-4-12)23(15)21-14/h5-6,11-13H,3-4,7-10H2,1-2H3,(H,18,21). The number of amides is 1. The Hall–Kier alpha value is -2.38. The molecule has 25 heavy (non-hydrogen) atoms. The highest BCUT2D eigenvalue weighted by Gasteiger charge is 2.29. The number of anilines is 1. The number of ether oxygens (including phenoxy) is 1. The number of hydrogen-bond donors (Lipinski definition) is 1. The average molecular weight is 344 g/mol. The quantitative estimate of drug-likeness (QED) is 0.917. The van der Waals surface area contributed by atoms with Crippen molar-refractivity contribution < 1.29 is 9.53 Å². The Balaban J connectivity index is 1.37. The van der Waals surface area contributed by atoms with Crippen molar-refractivity contribution in [2.75, 3.05) is 18.4 Å². The number of aromatic nitrogens is 4. The molecule has 0 atom stereocenters. The Morgan fingerprint density at radius 2 is 1.96 bits per heavy atom. The maximum Gasteiger partial charge on any atom is 0.410 e. The zero-order valence-electron chi connectivity index (χ0n) is 14.7. The average Bonchev–Trinajstić information content (AvgIpc) is 3.34. The predicted octanol–water partition coefficient (Wildman–Crippen LogP) is 2.42. The number of carbonyl (C=O) groups is 1. The van der Waals surface area contributed by atoms with Gasteiger partial charge in [-0.25, -0.2) is 4.79 Å². The van der Waals surface area contributed by atoms with Gasteiger partial charge < -0.3 is 15.0 Å². The predicted molar refractivity (Wildman–Crippen MR) is 92.6 cm³/mol. The Bertz CT molecular complexity index is 762. The van der Waals surface area contributed by atoms with E-state index >= 15 is 0 Å². The van der Waals surface area contributed by atoms with Gasteiger partial charge in [-0.3, -0.25) is 0 Å². The highest BCUT2D eigenvalue weighted by Crippen LogP contribution is 2.38. The van der Waals surface area contributed by atoms with E-state index in [4.69, 9.17) is 4.74 Å². The molecule has 2 aromatic heterocycles. The van der Waals surface area contributed by atoms with Crippen molar-refractivity contribution in [1.29, 1.82) is 0 Å². The molecule has 134 valence electrons. The van der Waals surface area contributed by atoms with Gasteiger partial charge in [-0.15, -0.1) is 15.3 Å². The van der Waals surface area contributed by atoms with Gasteiger partial charge in [-0.05, 0) is 51.7 Å². The maximum absolute atomic E-state index is 12.0. The maximum atomic E-state index is 12.0. The summed E-state index contributed by atoms with van der Waals surface area (Å²) in [6.07, 6.45) is 3.81. The third-order valence-corrected chi connectivity index (χ3v) is 4.67. The van der Waals surface area contributed by atoms with E-state index in [1.165, 1.54) is 12.8 Å². The van der Waals surface area contributed by atoms with Crippen LogP contribution in [0.25, 0.3) is 5.65 Å². The van der Waals surface area contributed by atoms with Crippen LogP contribution < -0.4 is 5.32 Å². The van der Waals surface area contributed by atoms with Gasteiger partial charge >= 0.3 is 6.09 Å². The van der Waals surface area contributed by atoms with Crippen molar-refractivity contribution in [2.24, 2.45) is 0 Å². The smallest absolute Gasteiger partial charge is 0.410 e. The number of nitrogens with one attached hydrogen (secondary N) is 1. The number of rotatable bonds is 4. The molecule has 0 bridgehead atoms. The lowest BCUT2D eigenvalue weighted by Crippen LogP contribution is -2.43. The Kier molecular flexibility index (Phi) is 4.19. The number of nitrogens with zero attached hydrogens (tertiary/aromatic N) is 5. The lowest BCUT2D eigenvalue weighted by molar-refractivity contribution is 0.0701. The molecule has 0 unspecified atom stereocenters. The highest BCUT2D eigenvalue weighted by molar-refractivity contribution is 5.67. The van der Waals surface area contributed by atoms with Crippen molar-refractivity contribution in [2.45, 2.75) is 57.6 Å². The van der Waals surface area contributed by atoms with Crippen molar-refractivity contribution in [3.8, 4) is 0 Å². The first-order valence-electron chi connectivity index (χ1n) is 9.04. The van der Waals surface area contributed by atoms with Crippen LogP contribution in [0.2, 0.25) is 0 Å². The molecule has 8 nitrogen and oxygen atoms in total. The Morgan fingerprint density at radius 1 is 1.20 bits per heavy atom. The zero-order chi connectivity index (χ0) is 17.4. The Labute approximate surface area is 146 Å². The molecule has 1 saturated heterocycles. The molecule has 2 aromatic rings. The summed E-state index contributed by atoms with van der Waals surface area (Å²) in [6, 6.07) is 4.19. The van der Waals surface area contributed by atoms with Crippen LogP contribution in [0.15, 0.2) is 12.1 Å². The minimum atomic E-state index is -0.216. The van der Waals surface area contributed by atoms with Crippen molar-refractivity contribution in [1.82, 2.24) is 24.7 Å². The van der Waals surface area contributed by atoms with Gasteiger partial charge in [0.25, 0.3) is 0 Å². The summed E-state index contributed by atoms with van der Waals surface area (Å²) in [5.41, 5.74) is 0.790. The molecule has 1 saturated carbocycles. The minimum absolute atomic E-state index is 0.0799. The molecule has 0 radical (unpaired) electrons. The van der Waals surface area contributed by atoms with Gasteiger partial charge in [-0.2, -0.15) is 4.52 Å². The van der Waals surface area contributed by atoms with Crippen LogP contribution >= 0.6 is 0 Å². The van der Waals surface area contributed by atoms with E-state index in [1.807, 2.05) is 30.5 Å². The van der Waals surface area contributed by atoms with Gasteiger partial charge in [0, 0.05) is 25.0 Å². The minimum Gasteiger partial charge on any atom is -0.447 e. The fourth-order valence-electron chi connectivity index (χ4n) is 3.17. The van der Waals surface area contributed by atoms with Gasteiger partial charge in [0.1, 0.15) is 5.82 Å². The molecular formula is C17H24N6O2. The molecule has 1 amide bonds. The van der Waals surface area contributed by atoms with E-state index in [2.05, 4.69) is 20.6 Å². The summed E-state index contributed by atoms with van der Waals surface area (Å²) in [5.74, 6) is 2.30. The first-order chi connectivity index (χ1) is 12.1. The lowest BCUT2D eigenvalue weighted by Gasteiger charge is -2.32. The van der Waals surface area contributed by atoms with Crippen LogP contribution in [0.3, 0.4) is 0 Å². The Morgan fingerprint density at radius 3 is 2.64 bits per heavy atom. The van der Waals surface area contributed by atoms with Crippen LogP contribution in [-0.4, -0.2) is 56.0 Å². The summed E-state index contributed by atoms with van der Waals surface area (Å²) < 4.78 is 7.12. The van der Waals surface area contributed by atoms with Crippen LogP contribution in [0.4, 0.5) is 10.6 Å². The molecule has 2 fully saturated rings. The molecule has 8 heteroatoms. The van der Waals surface area contributed by atoms with E-state index in [-0.39, 0.29) is 12.2 Å². The van der Waals surface area contributed by atoms with E-state index in [1.54, 1.807) is 4.90 Å². The molecule has 2 aliphatic rings. The SMILES string of the molecule is CC(C)OC(=O)N1CCC(Nc2ccc3nnc(C4CC4)n3n2)CC1. The third kappa shape index (κ3) is 3.52. The normalized spacial score (nSPS) is 18.8. The molecule has 0 aromatic carbocycles. The van der Waals surface area contributed by atoms with Crippen molar-refractivity contribution in [3.05, 3.63) is 18.0 Å².